The predicted octanol–water partition coefficient (Wildman–Crippen LogP) is 3.63. The van der Waals surface area contributed by atoms with Crippen LogP contribution in [0.4, 0.5) is 0 Å². The van der Waals surface area contributed by atoms with Crippen molar-refractivity contribution in [2.45, 2.75) is 6.61 Å². The van der Waals surface area contributed by atoms with Gasteiger partial charge in [-0.1, -0.05) is 17.7 Å². The van der Waals surface area contributed by atoms with Gasteiger partial charge in [0, 0.05) is 10.6 Å². The first-order chi connectivity index (χ1) is 9.60. The summed E-state index contributed by atoms with van der Waals surface area (Å²) >= 11 is 6.02. The molecule has 0 atom stereocenters. The van der Waals surface area contributed by atoms with Crippen molar-refractivity contribution in [2.75, 3.05) is 7.11 Å². The highest BCUT2D eigenvalue weighted by atomic mass is 35.5. The number of benzene rings is 2. The number of rotatable bonds is 5. The van der Waals surface area contributed by atoms with Crippen LogP contribution in [0.3, 0.4) is 0 Å². The smallest absolute Gasteiger partial charge is 0.335 e. The first-order valence-electron chi connectivity index (χ1n) is 5.88. The van der Waals surface area contributed by atoms with Gasteiger partial charge in [-0.3, -0.25) is 0 Å². The van der Waals surface area contributed by atoms with Gasteiger partial charge < -0.3 is 14.6 Å². The summed E-state index contributed by atoms with van der Waals surface area (Å²) in [6, 6.07) is 11.7. The quantitative estimate of drug-likeness (QED) is 0.914. The van der Waals surface area contributed by atoms with Crippen LogP contribution in [0.1, 0.15) is 15.9 Å². The molecule has 104 valence electrons. The summed E-state index contributed by atoms with van der Waals surface area (Å²) in [6.45, 7) is 0.269. The third-order valence-corrected chi connectivity index (χ3v) is 3.11. The summed E-state index contributed by atoms with van der Waals surface area (Å²) in [4.78, 5) is 10.8. The Morgan fingerprint density at radius 3 is 2.35 bits per heavy atom. The van der Waals surface area contributed by atoms with E-state index in [1.165, 1.54) is 12.1 Å². The Morgan fingerprint density at radius 1 is 1.15 bits per heavy atom. The maximum atomic E-state index is 10.8. The maximum Gasteiger partial charge on any atom is 0.335 e. The third-order valence-electron chi connectivity index (χ3n) is 2.75. The number of hydrogen-bond donors (Lipinski definition) is 1. The van der Waals surface area contributed by atoms with Crippen LogP contribution < -0.4 is 9.47 Å². The van der Waals surface area contributed by atoms with Crippen molar-refractivity contribution in [1.82, 2.24) is 0 Å². The van der Waals surface area contributed by atoms with Crippen LogP contribution >= 0.6 is 11.6 Å². The van der Waals surface area contributed by atoms with Crippen molar-refractivity contribution < 1.29 is 19.4 Å². The van der Waals surface area contributed by atoms with Crippen molar-refractivity contribution >= 4 is 17.6 Å². The van der Waals surface area contributed by atoms with Crippen LogP contribution in [0.5, 0.6) is 11.5 Å². The van der Waals surface area contributed by atoms with E-state index in [1.807, 2.05) is 0 Å². The van der Waals surface area contributed by atoms with Crippen LogP contribution in [0, 0.1) is 0 Å². The molecule has 0 amide bonds. The molecule has 0 spiro atoms. The molecule has 0 aliphatic rings. The average Bonchev–Trinajstić information content (AvgIpc) is 2.46. The fourth-order valence-electron chi connectivity index (χ4n) is 1.63. The van der Waals surface area contributed by atoms with Crippen molar-refractivity contribution in [3.63, 3.8) is 0 Å². The van der Waals surface area contributed by atoms with Gasteiger partial charge in [-0.05, 0) is 36.4 Å². The van der Waals surface area contributed by atoms with E-state index in [1.54, 1.807) is 37.4 Å². The normalized spacial score (nSPS) is 10.1. The van der Waals surface area contributed by atoms with Crippen LogP contribution in [-0.4, -0.2) is 18.2 Å². The first kappa shape index (κ1) is 14.2. The van der Waals surface area contributed by atoms with Gasteiger partial charge in [-0.15, -0.1) is 0 Å². The fourth-order valence-corrected chi connectivity index (χ4v) is 1.87. The second-order valence-electron chi connectivity index (χ2n) is 4.08. The van der Waals surface area contributed by atoms with E-state index in [9.17, 15) is 4.79 Å². The number of ether oxygens (including phenoxy) is 2. The first-order valence-corrected chi connectivity index (χ1v) is 6.26. The Morgan fingerprint density at radius 2 is 1.80 bits per heavy atom. The lowest BCUT2D eigenvalue weighted by molar-refractivity contribution is 0.0697. The van der Waals surface area contributed by atoms with Crippen molar-refractivity contribution in [3.8, 4) is 11.5 Å². The Kier molecular flexibility index (Phi) is 4.48. The number of halogens is 1. The molecule has 2 aromatic carbocycles. The average molecular weight is 293 g/mol. The molecule has 0 fully saturated rings. The minimum atomic E-state index is -1.01. The number of carboxylic acid groups (broad SMARTS) is 1. The topological polar surface area (TPSA) is 55.8 Å². The van der Waals surface area contributed by atoms with Gasteiger partial charge in [0.25, 0.3) is 0 Å². The molecule has 0 bridgehead atoms. The molecule has 0 unspecified atom stereocenters. The van der Waals surface area contributed by atoms with Gasteiger partial charge in [0.2, 0.25) is 0 Å². The lowest BCUT2D eigenvalue weighted by Gasteiger charge is -2.09. The zero-order valence-corrected chi connectivity index (χ0v) is 11.6. The van der Waals surface area contributed by atoms with Gasteiger partial charge in [-0.25, -0.2) is 4.79 Å². The van der Waals surface area contributed by atoms with Crippen molar-refractivity contribution in [1.29, 1.82) is 0 Å². The lowest BCUT2D eigenvalue weighted by atomic mass is 10.1. The molecule has 2 aromatic rings. The zero-order chi connectivity index (χ0) is 14.5. The Labute approximate surface area is 121 Å². The number of carboxylic acids is 1. The molecule has 0 aromatic heterocycles. The molecule has 0 aliphatic carbocycles. The van der Waals surface area contributed by atoms with Crippen molar-refractivity contribution in [3.05, 3.63) is 58.6 Å². The van der Waals surface area contributed by atoms with Crippen molar-refractivity contribution in [2.24, 2.45) is 0 Å². The van der Waals surface area contributed by atoms with Crippen LogP contribution in [0.2, 0.25) is 5.02 Å². The summed E-state index contributed by atoms with van der Waals surface area (Å²) in [5.41, 5.74) is 0.885. The molecule has 2 rings (SSSR count). The second-order valence-corrected chi connectivity index (χ2v) is 4.48. The van der Waals surface area contributed by atoms with Crippen LogP contribution in [0.25, 0.3) is 0 Å². The molecule has 0 heterocycles. The monoisotopic (exact) mass is 292 g/mol. The van der Waals surface area contributed by atoms with Gasteiger partial charge in [-0.2, -0.15) is 0 Å². The minimum Gasteiger partial charge on any atom is -0.497 e. The molecule has 1 N–H and O–H groups in total. The predicted molar refractivity (Wildman–Crippen MR) is 75.7 cm³/mol. The van der Waals surface area contributed by atoms with Gasteiger partial charge >= 0.3 is 5.97 Å². The van der Waals surface area contributed by atoms with E-state index in [2.05, 4.69) is 0 Å². The molecule has 20 heavy (non-hydrogen) atoms. The maximum absolute atomic E-state index is 10.8. The largest absolute Gasteiger partial charge is 0.497 e. The number of methoxy groups -OCH3 is 1. The summed E-state index contributed by atoms with van der Waals surface area (Å²) in [5.74, 6) is 0.430. The molecular weight excluding hydrogens is 280 g/mol. The van der Waals surface area contributed by atoms with Crippen LogP contribution in [0.15, 0.2) is 42.5 Å². The molecule has 4 nitrogen and oxygen atoms in total. The summed E-state index contributed by atoms with van der Waals surface area (Å²) < 4.78 is 10.6. The number of carbonyl (C=O) groups is 1. The highest BCUT2D eigenvalue weighted by Gasteiger charge is 2.07. The van der Waals surface area contributed by atoms with E-state index in [4.69, 9.17) is 26.2 Å². The second kappa shape index (κ2) is 6.30. The van der Waals surface area contributed by atoms with E-state index in [0.29, 0.717) is 10.8 Å². The van der Waals surface area contributed by atoms with Gasteiger partial charge in [0.1, 0.15) is 18.1 Å². The molecule has 5 heteroatoms. The highest BCUT2D eigenvalue weighted by Crippen LogP contribution is 2.22. The number of hydrogen-bond acceptors (Lipinski definition) is 3. The van der Waals surface area contributed by atoms with Gasteiger partial charge in [0.15, 0.2) is 0 Å². The molecular formula is C15H13ClO4. The molecule has 0 saturated carbocycles. The molecule has 0 radical (unpaired) electrons. The Bertz CT molecular complexity index is 608. The van der Waals surface area contributed by atoms with Crippen LogP contribution in [-0.2, 0) is 6.61 Å². The molecule has 0 aliphatic heterocycles. The minimum absolute atomic E-state index is 0.156. The fraction of sp³-hybridized carbons (Fsp3) is 0.133. The molecule has 0 saturated heterocycles. The lowest BCUT2D eigenvalue weighted by Crippen LogP contribution is -2.00. The summed E-state index contributed by atoms with van der Waals surface area (Å²) in [6.07, 6.45) is 0. The summed E-state index contributed by atoms with van der Waals surface area (Å²) in [5, 5.41) is 9.23. The van der Waals surface area contributed by atoms with E-state index >= 15 is 0 Å². The number of aromatic carboxylic acids is 1. The van der Waals surface area contributed by atoms with Gasteiger partial charge in [0.05, 0.1) is 12.7 Å². The SMILES string of the molecule is COc1ccc(OCc2ccc(C(=O)O)cc2Cl)cc1. The third kappa shape index (κ3) is 3.42. The highest BCUT2D eigenvalue weighted by molar-refractivity contribution is 6.31. The summed E-state index contributed by atoms with van der Waals surface area (Å²) in [7, 11) is 1.60. The Balaban J connectivity index is 2.04. The van der Waals surface area contributed by atoms with E-state index in [0.717, 1.165) is 11.3 Å². The van der Waals surface area contributed by atoms with E-state index in [-0.39, 0.29) is 12.2 Å². The Hall–Kier alpha value is -2.20. The standard InChI is InChI=1S/C15H13ClO4/c1-19-12-4-6-13(7-5-12)20-9-11-3-2-10(15(17)18)8-14(11)16/h2-8H,9H2,1H3,(H,17,18). The van der Waals surface area contributed by atoms with E-state index < -0.39 is 5.97 Å². The zero-order valence-electron chi connectivity index (χ0n) is 10.8.